The van der Waals surface area contributed by atoms with Gasteiger partial charge in [-0.1, -0.05) is 6.58 Å². The lowest BCUT2D eigenvalue weighted by atomic mass is 10.1. The number of carbonyl (C=O) groups is 1. The van der Waals surface area contributed by atoms with Gasteiger partial charge in [0.1, 0.15) is 11.3 Å². The number of imidazole rings is 1. The van der Waals surface area contributed by atoms with E-state index in [1.165, 1.54) is 30.0 Å². The molecule has 0 saturated carbocycles. The summed E-state index contributed by atoms with van der Waals surface area (Å²) in [5.74, 6) is -0.986. The minimum Gasteiger partial charge on any atom is -0.494 e. The molecule has 1 amide bonds. The van der Waals surface area contributed by atoms with Gasteiger partial charge in [-0.3, -0.25) is 4.79 Å². The van der Waals surface area contributed by atoms with Crippen LogP contribution in [0, 0.1) is 5.82 Å². The fraction of sp³-hybridized carbons (Fsp3) is 0.333. The first-order valence-electron chi connectivity index (χ1n) is 13.5. The number of ether oxygens (including phenoxy) is 1. The fourth-order valence-corrected chi connectivity index (χ4v) is 4.62. The van der Waals surface area contributed by atoms with Crippen molar-refractivity contribution in [1.82, 2.24) is 24.4 Å². The molecule has 0 spiro atoms. The number of nitrogens with one attached hydrogen (secondary N) is 2. The molecule has 0 fully saturated rings. The molecule has 10 nitrogen and oxygen atoms in total. The van der Waals surface area contributed by atoms with Gasteiger partial charge >= 0.3 is 0 Å². The molecule has 43 heavy (non-hydrogen) atoms. The van der Waals surface area contributed by atoms with Gasteiger partial charge in [0, 0.05) is 44.0 Å². The first-order valence-corrected chi connectivity index (χ1v) is 13.5. The number of rotatable bonds is 12. The van der Waals surface area contributed by atoms with Gasteiger partial charge in [0.2, 0.25) is 11.9 Å². The van der Waals surface area contributed by atoms with Crippen molar-refractivity contribution in [2.24, 2.45) is 0 Å². The first-order chi connectivity index (χ1) is 20.4. The number of carbonyl (C=O) groups excluding carboxylic acids is 1. The number of hydrogen-bond donors (Lipinski definition) is 2. The van der Waals surface area contributed by atoms with Crippen LogP contribution in [0.1, 0.15) is 32.1 Å². The maximum atomic E-state index is 15.1. The van der Waals surface area contributed by atoms with E-state index in [0.29, 0.717) is 34.9 Å². The van der Waals surface area contributed by atoms with Crippen molar-refractivity contribution in [3.63, 3.8) is 0 Å². The van der Waals surface area contributed by atoms with E-state index in [9.17, 15) is 13.6 Å². The van der Waals surface area contributed by atoms with Gasteiger partial charge in [-0.05, 0) is 58.3 Å². The SMILES string of the molecule is C=CC(=O)Nc1cc(Nc2nccc(-c3cc(F)c4nc(C(F)F)n(C(C)C)c4c3)n2)c(OC)cc1N(C)CCN(C)C. The Balaban J connectivity index is 1.74. The second-order valence-electron chi connectivity index (χ2n) is 10.4. The third-order valence-electron chi connectivity index (χ3n) is 6.74. The van der Waals surface area contributed by atoms with Crippen molar-refractivity contribution in [2.45, 2.75) is 26.3 Å². The molecule has 228 valence electrons. The van der Waals surface area contributed by atoms with E-state index in [0.717, 1.165) is 12.2 Å². The number of aromatic nitrogens is 4. The molecule has 2 N–H and O–H groups in total. The van der Waals surface area contributed by atoms with Gasteiger partial charge in [-0.15, -0.1) is 0 Å². The van der Waals surface area contributed by atoms with Crippen molar-refractivity contribution in [1.29, 1.82) is 0 Å². The number of amides is 1. The molecule has 0 aliphatic carbocycles. The maximum absolute atomic E-state index is 15.1. The zero-order valence-corrected chi connectivity index (χ0v) is 25.0. The summed E-state index contributed by atoms with van der Waals surface area (Å²) in [6.07, 6.45) is -0.186. The number of anilines is 4. The van der Waals surface area contributed by atoms with Gasteiger partial charge in [-0.25, -0.2) is 28.1 Å². The zero-order valence-electron chi connectivity index (χ0n) is 25.0. The van der Waals surface area contributed by atoms with Crippen LogP contribution in [0.4, 0.5) is 36.2 Å². The van der Waals surface area contributed by atoms with Crippen molar-refractivity contribution >= 4 is 40.0 Å². The predicted molar refractivity (Wildman–Crippen MR) is 163 cm³/mol. The van der Waals surface area contributed by atoms with Crippen molar-refractivity contribution < 1.29 is 22.7 Å². The van der Waals surface area contributed by atoms with Crippen LogP contribution < -0.4 is 20.3 Å². The minimum atomic E-state index is -2.86. The highest BCUT2D eigenvalue weighted by atomic mass is 19.3. The topological polar surface area (TPSA) is 100 Å². The number of hydrogen-bond acceptors (Lipinski definition) is 8. The summed E-state index contributed by atoms with van der Waals surface area (Å²) >= 11 is 0. The average Bonchev–Trinajstić information content (AvgIpc) is 3.37. The zero-order chi connectivity index (χ0) is 31.4. The molecule has 2 aromatic heterocycles. The van der Waals surface area contributed by atoms with Gasteiger partial charge in [0.05, 0.1) is 35.4 Å². The van der Waals surface area contributed by atoms with Crippen LogP contribution >= 0.6 is 0 Å². The number of likely N-dealkylation sites (N-methyl/N-ethyl adjacent to an activating group) is 2. The Morgan fingerprint density at radius 3 is 2.49 bits per heavy atom. The lowest BCUT2D eigenvalue weighted by Gasteiger charge is -2.26. The molecule has 4 aromatic rings. The van der Waals surface area contributed by atoms with E-state index >= 15 is 4.39 Å². The number of alkyl halides is 2. The molecular formula is C30H35F3N8O2. The molecule has 13 heteroatoms. The lowest BCUT2D eigenvalue weighted by molar-refractivity contribution is -0.111. The number of nitrogens with zero attached hydrogens (tertiary/aromatic N) is 6. The summed E-state index contributed by atoms with van der Waals surface area (Å²) in [6.45, 7) is 8.46. The van der Waals surface area contributed by atoms with Crippen LogP contribution in [0.5, 0.6) is 5.75 Å². The van der Waals surface area contributed by atoms with E-state index in [1.807, 2.05) is 30.9 Å². The van der Waals surface area contributed by atoms with Crippen LogP contribution in [0.3, 0.4) is 0 Å². The van der Waals surface area contributed by atoms with Crippen LogP contribution in [-0.2, 0) is 4.79 Å². The molecule has 2 aromatic carbocycles. The molecule has 0 aliphatic heterocycles. The summed E-state index contributed by atoms with van der Waals surface area (Å²) < 4.78 is 49.5. The second-order valence-corrected chi connectivity index (χ2v) is 10.4. The summed E-state index contributed by atoms with van der Waals surface area (Å²) in [5.41, 5.74) is 2.53. The van der Waals surface area contributed by atoms with E-state index in [1.54, 1.807) is 38.1 Å². The Hall–Kier alpha value is -4.65. The van der Waals surface area contributed by atoms with Gasteiger partial charge in [-0.2, -0.15) is 0 Å². The van der Waals surface area contributed by atoms with E-state index < -0.39 is 18.1 Å². The van der Waals surface area contributed by atoms with E-state index in [2.05, 4.69) is 32.2 Å². The summed E-state index contributed by atoms with van der Waals surface area (Å²) in [4.78, 5) is 29.0. The summed E-state index contributed by atoms with van der Waals surface area (Å²) in [7, 11) is 7.38. The third kappa shape index (κ3) is 6.88. The predicted octanol–water partition coefficient (Wildman–Crippen LogP) is 6.03. The number of halogens is 3. The van der Waals surface area contributed by atoms with Crippen LogP contribution in [-0.4, -0.2) is 71.7 Å². The maximum Gasteiger partial charge on any atom is 0.295 e. The molecule has 2 heterocycles. The second kappa shape index (κ2) is 13.1. The molecule has 0 aliphatic rings. The fourth-order valence-electron chi connectivity index (χ4n) is 4.62. The Morgan fingerprint density at radius 1 is 1.12 bits per heavy atom. The standard InChI is InChI=1S/C30H35F3N8O2/c1-8-26(42)35-21-15-22(25(43-7)16-23(21)40(6)12-11-39(4)5)37-30-34-10-9-20(36-30)18-13-19(31)27-24(14-18)41(17(2)3)29(38-27)28(32)33/h8-10,13-17,28H,1,11-12H2,2-7H3,(H,35,42)(H,34,36,37). The van der Waals surface area contributed by atoms with Crippen molar-refractivity contribution in [3.05, 3.63) is 60.8 Å². The highest BCUT2D eigenvalue weighted by Gasteiger charge is 2.24. The normalized spacial score (nSPS) is 11.4. The number of benzene rings is 2. The van der Waals surface area contributed by atoms with Crippen molar-refractivity contribution in [3.8, 4) is 17.0 Å². The van der Waals surface area contributed by atoms with Gasteiger partial charge < -0.3 is 29.7 Å². The Kier molecular flexibility index (Phi) is 9.54. The number of fused-ring (bicyclic) bond motifs is 1. The third-order valence-corrected chi connectivity index (χ3v) is 6.74. The van der Waals surface area contributed by atoms with Crippen LogP contribution in [0.15, 0.2) is 49.2 Å². The molecule has 0 radical (unpaired) electrons. The minimum absolute atomic E-state index is 0.130. The quantitative estimate of drug-likeness (QED) is 0.192. The Bertz CT molecular complexity index is 1640. The first kappa shape index (κ1) is 31.3. The van der Waals surface area contributed by atoms with Crippen molar-refractivity contribution in [2.75, 3.05) is 56.9 Å². The lowest BCUT2D eigenvalue weighted by Crippen LogP contribution is -2.29. The highest BCUT2D eigenvalue weighted by molar-refractivity contribution is 6.02. The highest BCUT2D eigenvalue weighted by Crippen LogP contribution is 2.38. The molecule has 0 atom stereocenters. The largest absolute Gasteiger partial charge is 0.494 e. The molecule has 0 saturated heterocycles. The Labute approximate surface area is 248 Å². The van der Waals surface area contributed by atoms with E-state index in [4.69, 9.17) is 4.74 Å². The van der Waals surface area contributed by atoms with Gasteiger partial charge in [0.15, 0.2) is 11.6 Å². The monoisotopic (exact) mass is 596 g/mol. The molecule has 0 unspecified atom stereocenters. The average molecular weight is 597 g/mol. The number of methoxy groups -OCH3 is 1. The van der Waals surface area contributed by atoms with Crippen LogP contribution in [0.2, 0.25) is 0 Å². The van der Waals surface area contributed by atoms with Crippen LogP contribution in [0.25, 0.3) is 22.3 Å². The summed E-state index contributed by atoms with van der Waals surface area (Å²) in [5, 5.41) is 5.96. The molecular weight excluding hydrogens is 561 g/mol. The Morgan fingerprint density at radius 2 is 1.86 bits per heavy atom. The van der Waals surface area contributed by atoms with Gasteiger partial charge in [0.25, 0.3) is 6.43 Å². The smallest absolute Gasteiger partial charge is 0.295 e. The van der Waals surface area contributed by atoms with E-state index in [-0.39, 0.29) is 28.9 Å². The molecule has 4 rings (SSSR count). The summed E-state index contributed by atoms with van der Waals surface area (Å²) in [6, 6.07) is 7.51. The molecule has 0 bridgehead atoms.